The van der Waals surface area contributed by atoms with Crippen molar-refractivity contribution in [2.75, 3.05) is 0 Å². The molecule has 3 rings (SSSR count). The Kier molecular flexibility index (Phi) is 6.74. The van der Waals surface area contributed by atoms with Gasteiger partial charge >= 0.3 is 0 Å². The quantitative estimate of drug-likeness (QED) is 0.521. The van der Waals surface area contributed by atoms with Crippen molar-refractivity contribution in [1.29, 1.82) is 0 Å². The maximum Gasteiger partial charge on any atom is 0.0893 e. The predicted octanol–water partition coefficient (Wildman–Crippen LogP) is 7.32. The molecule has 1 atom stereocenters. The molecule has 2 aromatic rings. The van der Waals surface area contributed by atoms with Crippen molar-refractivity contribution in [2.45, 2.75) is 98.8 Å². The molecule has 1 unspecified atom stereocenters. The number of benzene rings is 1. The molecule has 0 bridgehead atoms. The van der Waals surface area contributed by atoms with E-state index in [1.165, 1.54) is 28.9 Å². The summed E-state index contributed by atoms with van der Waals surface area (Å²) in [7, 11) is 0. The van der Waals surface area contributed by atoms with Crippen LogP contribution in [0.15, 0.2) is 24.3 Å². The van der Waals surface area contributed by atoms with Crippen LogP contribution in [0.2, 0.25) is 0 Å². The summed E-state index contributed by atoms with van der Waals surface area (Å²) in [6.45, 7) is 16.4. The van der Waals surface area contributed by atoms with Crippen molar-refractivity contribution < 1.29 is 0 Å². The number of aromatic nitrogens is 2. The van der Waals surface area contributed by atoms with Gasteiger partial charge in [-0.15, -0.1) is 0 Å². The number of hydrogen-bond acceptors (Lipinski definition) is 2. The van der Waals surface area contributed by atoms with Crippen LogP contribution in [-0.2, 0) is 23.7 Å². The third kappa shape index (κ3) is 4.31. The Morgan fingerprint density at radius 2 is 1.32 bits per heavy atom. The maximum atomic E-state index is 5.10. The second-order valence-corrected chi connectivity index (χ2v) is 9.83. The first kappa shape index (κ1) is 22.6. The van der Waals surface area contributed by atoms with Gasteiger partial charge in [0.1, 0.15) is 0 Å². The molecule has 1 aromatic carbocycles. The molecule has 0 saturated heterocycles. The number of fused-ring (bicyclic) bond motifs is 2. The Bertz CT molecular complexity index is 853. The zero-order valence-corrected chi connectivity index (χ0v) is 18.3. The molecule has 0 aliphatic heterocycles. The summed E-state index contributed by atoms with van der Waals surface area (Å²) in [5, 5.41) is 0. The predicted molar refractivity (Wildman–Crippen MR) is 123 cm³/mol. The van der Waals surface area contributed by atoms with Crippen LogP contribution in [0.1, 0.15) is 97.7 Å². The van der Waals surface area contributed by atoms with E-state index in [0.29, 0.717) is 5.92 Å². The van der Waals surface area contributed by atoms with Crippen LogP contribution in [0.5, 0.6) is 0 Å². The molecule has 0 N–H and O–H groups in total. The van der Waals surface area contributed by atoms with Crippen molar-refractivity contribution in [3.8, 4) is 0 Å². The molecule has 1 aliphatic carbocycles. The summed E-state index contributed by atoms with van der Waals surface area (Å²) >= 11 is 0. The van der Waals surface area contributed by atoms with Crippen LogP contribution in [0, 0.1) is 5.92 Å². The fourth-order valence-electron chi connectivity index (χ4n) is 4.18. The van der Waals surface area contributed by atoms with Crippen LogP contribution < -0.4 is 0 Å². The van der Waals surface area contributed by atoms with Gasteiger partial charge in [0, 0.05) is 0 Å². The maximum absolute atomic E-state index is 5.10. The molecular formula is C26H40N2. The lowest BCUT2D eigenvalue weighted by molar-refractivity contribution is 0.329. The van der Waals surface area contributed by atoms with Crippen molar-refractivity contribution in [1.82, 2.24) is 9.97 Å². The SMILES string of the molecule is C.CCC(C)C(C)(C)c1cc2nc3c(nc2cc1C(C)(C)C)CC/C=C/CC3. The Balaban J connectivity index is 0.00000280. The lowest BCUT2D eigenvalue weighted by Crippen LogP contribution is -2.30. The summed E-state index contributed by atoms with van der Waals surface area (Å²) in [6.07, 6.45) is 9.88. The number of rotatable bonds is 3. The zero-order valence-electron chi connectivity index (χ0n) is 18.3. The molecule has 1 heterocycles. The lowest BCUT2D eigenvalue weighted by atomic mass is 9.68. The smallest absolute Gasteiger partial charge is 0.0893 e. The average Bonchev–Trinajstić information content (AvgIpc) is 2.59. The largest absolute Gasteiger partial charge is 0.249 e. The molecule has 2 heteroatoms. The fourth-order valence-corrected chi connectivity index (χ4v) is 4.18. The van der Waals surface area contributed by atoms with Crippen molar-refractivity contribution in [3.05, 3.63) is 46.8 Å². The van der Waals surface area contributed by atoms with Crippen LogP contribution in [0.4, 0.5) is 0 Å². The first-order valence-corrected chi connectivity index (χ1v) is 10.6. The van der Waals surface area contributed by atoms with Gasteiger partial charge in [-0.3, -0.25) is 0 Å². The highest BCUT2D eigenvalue weighted by Crippen LogP contribution is 2.41. The van der Waals surface area contributed by atoms with Crippen molar-refractivity contribution in [3.63, 3.8) is 0 Å². The molecule has 0 amide bonds. The van der Waals surface area contributed by atoms with Crippen LogP contribution in [0.25, 0.3) is 11.0 Å². The van der Waals surface area contributed by atoms with Gasteiger partial charge in [-0.05, 0) is 65.7 Å². The van der Waals surface area contributed by atoms with Gasteiger partial charge in [-0.25, -0.2) is 9.97 Å². The van der Waals surface area contributed by atoms with Crippen molar-refractivity contribution in [2.24, 2.45) is 5.92 Å². The highest BCUT2D eigenvalue weighted by Gasteiger charge is 2.33. The van der Waals surface area contributed by atoms with E-state index >= 15 is 0 Å². The Labute approximate surface area is 172 Å². The second kappa shape index (κ2) is 8.35. The number of allylic oxidation sites excluding steroid dienone is 2. The Morgan fingerprint density at radius 1 is 0.857 bits per heavy atom. The molecule has 28 heavy (non-hydrogen) atoms. The average molecular weight is 381 g/mol. The lowest BCUT2D eigenvalue weighted by Gasteiger charge is -2.37. The Hall–Kier alpha value is -1.70. The topological polar surface area (TPSA) is 25.8 Å². The molecule has 2 nitrogen and oxygen atoms in total. The first-order valence-electron chi connectivity index (χ1n) is 10.6. The van der Waals surface area contributed by atoms with Crippen LogP contribution in [-0.4, -0.2) is 9.97 Å². The van der Waals surface area contributed by atoms with Gasteiger partial charge in [0.25, 0.3) is 0 Å². The van der Waals surface area contributed by atoms with E-state index in [1.54, 1.807) is 0 Å². The third-order valence-corrected chi connectivity index (χ3v) is 6.57. The zero-order chi connectivity index (χ0) is 19.8. The monoisotopic (exact) mass is 380 g/mol. The molecule has 1 aliphatic rings. The summed E-state index contributed by atoms with van der Waals surface area (Å²) in [5.74, 6) is 0.610. The van der Waals surface area contributed by atoms with E-state index in [1.807, 2.05) is 0 Å². The van der Waals surface area contributed by atoms with Gasteiger partial charge in [0.2, 0.25) is 0 Å². The van der Waals surface area contributed by atoms with Crippen LogP contribution >= 0.6 is 0 Å². The summed E-state index contributed by atoms with van der Waals surface area (Å²) in [6, 6.07) is 4.68. The third-order valence-electron chi connectivity index (χ3n) is 6.57. The second-order valence-electron chi connectivity index (χ2n) is 9.83. The fraction of sp³-hybridized carbons (Fsp3) is 0.615. The highest BCUT2D eigenvalue weighted by atomic mass is 14.8. The number of nitrogens with zero attached hydrogens (tertiary/aromatic N) is 2. The molecule has 0 radical (unpaired) electrons. The van der Waals surface area contributed by atoms with E-state index in [4.69, 9.17) is 9.97 Å². The summed E-state index contributed by atoms with van der Waals surface area (Å²) in [5.41, 5.74) is 7.58. The van der Waals surface area contributed by atoms with E-state index < -0.39 is 0 Å². The molecule has 0 saturated carbocycles. The van der Waals surface area contributed by atoms with Gasteiger partial charge in [0.15, 0.2) is 0 Å². The first-order chi connectivity index (χ1) is 12.6. The molecule has 154 valence electrons. The van der Waals surface area contributed by atoms with Crippen molar-refractivity contribution >= 4 is 11.0 Å². The number of aryl methyl sites for hydroxylation is 2. The Morgan fingerprint density at radius 3 is 1.75 bits per heavy atom. The number of hydrogen-bond donors (Lipinski definition) is 0. The molecule has 1 aromatic heterocycles. The van der Waals surface area contributed by atoms with E-state index in [-0.39, 0.29) is 18.3 Å². The highest BCUT2D eigenvalue weighted by molar-refractivity contribution is 5.78. The van der Waals surface area contributed by atoms with Crippen LogP contribution in [0.3, 0.4) is 0 Å². The minimum Gasteiger partial charge on any atom is -0.249 e. The minimum atomic E-state index is 0. The molecule has 0 fully saturated rings. The van der Waals surface area contributed by atoms with Gasteiger partial charge in [-0.2, -0.15) is 0 Å². The normalized spacial score (nSPS) is 17.2. The van der Waals surface area contributed by atoms with Gasteiger partial charge in [-0.1, -0.05) is 74.5 Å². The standard InChI is InChI=1S/C25H36N2.CH4/c1-8-17(2)25(6,7)19-16-23-22(15-18(19)24(3,4)5)26-20-13-11-9-10-12-14-21(20)27-23;/h9-10,15-17H,8,11-14H2,1-7H3;1H4/b10-9+;. The van der Waals surface area contributed by atoms with Gasteiger partial charge in [0.05, 0.1) is 22.4 Å². The van der Waals surface area contributed by atoms with E-state index in [0.717, 1.165) is 36.7 Å². The van der Waals surface area contributed by atoms with E-state index in [9.17, 15) is 0 Å². The molecular weight excluding hydrogens is 340 g/mol. The minimum absolute atomic E-state index is 0. The van der Waals surface area contributed by atoms with E-state index in [2.05, 4.69) is 72.8 Å². The summed E-state index contributed by atoms with van der Waals surface area (Å²) in [4.78, 5) is 10.2. The summed E-state index contributed by atoms with van der Waals surface area (Å²) < 4.78 is 0. The molecule has 0 spiro atoms. The van der Waals surface area contributed by atoms with Gasteiger partial charge < -0.3 is 0 Å².